The summed E-state index contributed by atoms with van der Waals surface area (Å²) < 4.78 is 5.32. The first-order valence-electron chi connectivity index (χ1n) is 5.85. The van der Waals surface area contributed by atoms with Gasteiger partial charge in [-0.1, -0.05) is 11.6 Å². The Morgan fingerprint density at radius 2 is 2.29 bits per heavy atom. The van der Waals surface area contributed by atoms with Crippen LogP contribution in [0.15, 0.2) is 18.2 Å². The molecule has 0 amide bonds. The van der Waals surface area contributed by atoms with Crippen LogP contribution in [0.3, 0.4) is 0 Å². The Bertz CT molecular complexity index is 546. The predicted octanol–water partition coefficient (Wildman–Crippen LogP) is 3.08. The van der Waals surface area contributed by atoms with Crippen LogP contribution in [0.5, 0.6) is 5.75 Å². The molecule has 0 saturated heterocycles. The summed E-state index contributed by atoms with van der Waals surface area (Å²) in [6.45, 7) is 0.860. The van der Waals surface area contributed by atoms with Gasteiger partial charge in [0, 0.05) is 23.7 Å². The van der Waals surface area contributed by atoms with Gasteiger partial charge in [0.25, 0.3) is 0 Å². The third kappa shape index (κ3) is 2.13. The monoisotopic (exact) mass is 250 g/mol. The molecule has 1 aliphatic carbocycles. The number of rotatable bonds is 4. The van der Waals surface area contributed by atoms with Gasteiger partial charge in [-0.25, -0.2) is 0 Å². The molecular weight excluding hydrogens is 236 g/mol. The Morgan fingerprint density at radius 3 is 3.00 bits per heavy atom. The van der Waals surface area contributed by atoms with Gasteiger partial charge in [-0.05, 0) is 31.0 Å². The highest BCUT2D eigenvalue weighted by Crippen LogP contribution is 2.31. The molecule has 1 heterocycles. The molecule has 2 aromatic rings. The van der Waals surface area contributed by atoms with Crippen LogP contribution in [0, 0.1) is 0 Å². The van der Waals surface area contributed by atoms with Crippen LogP contribution >= 0.6 is 11.6 Å². The molecule has 1 aromatic heterocycles. The number of hydrogen-bond donors (Lipinski definition) is 2. The summed E-state index contributed by atoms with van der Waals surface area (Å²) in [6, 6.07) is 6.56. The third-order valence-electron chi connectivity index (χ3n) is 3.14. The van der Waals surface area contributed by atoms with Crippen molar-refractivity contribution >= 4 is 22.5 Å². The average Bonchev–Trinajstić information content (AvgIpc) is 3.06. The van der Waals surface area contributed by atoms with E-state index < -0.39 is 0 Å². The third-order valence-corrected chi connectivity index (χ3v) is 3.47. The molecule has 1 aliphatic rings. The van der Waals surface area contributed by atoms with Gasteiger partial charge in [-0.15, -0.1) is 0 Å². The van der Waals surface area contributed by atoms with E-state index in [4.69, 9.17) is 16.3 Å². The second kappa shape index (κ2) is 4.24. The highest BCUT2D eigenvalue weighted by atomic mass is 35.5. The van der Waals surface area contributed by atoms with Gasteiger partial charge in [0.05, 0.1) is 17.6 Å². The smallest absolute Gasteiger partial charge is 0.143 e. The van der Waals surface area contributed by atoms with Gasteiger partial charge in [0.15, 0.2) is 0 Å². The normalized spacial score (nSPS) is 15.4. The molecule has 0 bridgehead atoms. The Morgan fingerprint density at radius 1 is 1.47 bits per heavy atom. The minimum atomic E-state index is 0.707. The maximum Gasteiger partial charge on any atom is 0.143 e. The zero-order valence-electron chi connectivity index (χ0n) is 9.72. The first-order chi connectivity index (χ1) is 8.28. The van der Waals surface area contributed by atoms with Crippen molar-refractivity contribution < 1.29 is 4.74 Å². The molecule has 3 nitrogen and oxygen atoms in total. The van der Waals surface area contributed by atoms with Crippen LogP contribution in [0.25, 0.3) is 10.9 Å². The number of methoxy groups -OCH3 is 1. The predicted molar refractivity (Wildman–Crippen MR) is 69.7 cm³/mol. The highest BCUT2D eigenvalue weighted by Gasteiger charge is 2.20. The van der Waals surface area contributed by atoms with Crippen molar-refractivity contribution in [2.75, 3.05) is 7.11 Å². The molecule has 17 heavy (non-hydrogen) atoms. The SMILES string of the molecule is COc1ccc(Cl)c2cc(CNC3CC3)[nH]c12. The van der Waals surface area contributed by atoms with Gasteiger partial charge < -0.3 is 15.0 Å². The number of nitrogens with one attached hydrogen (secondary N) is 2. The van der Waals surface area contributed by atoms with E-state index in [1.165, 1.54) is 12.8 Å². The van der Waals surface area contributed by atoms with Gasteiger partial charge in [-0.3, -0.25) is 0 Å². The van der Waals surface area contributed by atoms with Crippen molar-refractivity contribution in [2.24, 2.45) is 0 Å². The minimum absolute atomic E-state index is 0.707. The van der Waals surface area contributed by atoms with Crippen molar-refractivity contribution in [3.63, 3.8) is 0 Å². The van der Waals surface area contributed by atoms with E-state index in [-0.39, 0.29) is 0 Å². The van der Waals surface area contributed by atoms with Gasteiger partial charge in [0.2, 0.25) is 0 Å². The minimum Gasteiger partial charge on any atom is -0.495 e. The fourth-order valence-corrected chi connectivity index (χ4v) is 2.23. The van der Waals surface area contributed by atoms with E-state index in [0.29, 0.717) is 6.04 Å². The number of H-pyrrole nitrogens is 1. The largest absolute Gasteiger partial charge is 0.495 e. The van der Waals surface area contributed by atoms with Crippen molar-refractivity contribution in [2.45, 2.75) is 25.4 Å². The molecule has 0 atom stereocenters. The van der Waals surface area contributed by atoms with Crippen molar-refractivity contribution in [3.8, 4) is 5.75 Å². The van der Waals surface area contributed by atoms with Gasteiger partial charge in [0.1, 0.15) is 5.75 Å². The Balaban J connectivity index is 1.95. The summed E-state index contributed by atoms with van der Waals surface area (Å²) in [7, 11) is 1.67. The van der Waals surface area contributed by atoms with Crippen LogP contribution in [0.1, 0.15) is 18.5 Å². The lowest BCUT2D eigenvalue weighted by Crippen LogP contribution is -2.15. The van der Waals surface area contributed by atoms with Gasteiger partial charge >= 0.3 is 0 Å². The number of aromatic amines is 1. The molecule has 2 N–H and O–H groups in total. The van der Waals surface area contributed by atoms with E-state index in [0.717, 1.165) is 33.9 Å². The standard InChI is InChI=1S/C13H15ClN2O/c1-17-12-5-4-11(14)10-6-9(16-13(10)12)7-15-8-2-3-8/h4-6,8,15-16H,2-3,7H2,1H3. The Hall–Kier alpha value is -1.19. The summed E-state index contributed by atoms with van der Waals surface area (Å²) >= 11 is 6.18. The van der Waals surface area contributed by atoms with Crippen LogP contribution < -0.4 is 10.1 Å². The summed E-state index contributed by atoms with van der Waals surface area (Å²) in [4.78, 5) is 3.37. The summed E-state index contributed by atoms with van der Waals surface area (Å²) in [6.07, 6.45) is 2.59. The summed E-state index contributed by atoms with van der Waals surface area (Å²) in [5, 5.41) is 5.26. The first kappa shape index (κ1) is 10.9. The first-order valence-corrected chi connectivity index (χ1v) is 6.23. The molecular formula is C13H15ClN2O. The molecule has 0 aliphatic heterocycles. The maximum absolute atomic E-state index is 6.18. The molecule has 1 saturated carbocycles. The van der Waals surface area contributed by atoms with Crippen LogP contribution in [-0.2, 0) is 6.54 Å². The quantitative estimate of drug-likeness (QED) is 0.875. The lowest BCUT2D eigenvalue weighted by Gasteiger charge is -2.02. The maximum atomic E-state index is 6.18. The average molecular weight is 251 g/mol. The van der Waals surface area contributed by atoms with Crippen LogP contribution in [0.4, 0.5) is 0 Å². The second-order valence-corrected chi connectivity index (χ2v) is 4.90. The molecule has 4 heteroatoms. The van der Waals surface area contributed by atoms with E-state index in [9.17, 15) is 0 Å². The van der Waals surface area contributed by atoms with E-state index in [1.54, 1.807) is 7.11 Å². The zero-order valence-corrected chi connectivity index (χ0v) is 10.5. The van der Waals surface area contributed by atoms with Crippen LogP contribution in [0.2, 0.25) is 5.02 Å². The lowest BCUT2D eigenvalue weighted by atomic mass is 10.2. The Labute approximate surface area is 105 Å². The molecule has 1 fully saturated rings. The Kier molecular flexibility index (Phi) is 2.73. The number of benzene rings is 1. The lowest BCUT2D eigenvalue weighted by molar-refractivity contribution is 0.419. The van der Waals surface area contributed by atoms with Crippen molar-refractivity contribution in [3.05, 3.63) is 28.9 Å². The molecule has 0 spiro atoms. The van der Waals surface area contributed by atoms with E-state index >= 15 is 0 Å². The molecule has 0 unspecified atom stereocenters. The van der Waals surface area contributed by atoms with Gasteiger partial charge in [-0.2, -0.15) is 0 Å². The zero-order chi connectivity index (χ0) is 11.8. The van der Waals surface area contributed by atoms with Crippen molar-refractivity contribution in [1.82, 2.24) is 10.3 Å². The number of ether oxygens (including phenoxy) is 1. The van der Waals surface area contributed by atoms with Crippen LogP contribution in [-0.4, -0.2) is 18.1 Å². The topological polar surface area (TPSA) is 37.0 Å². The second-order valence-electron chi connectivity index (χ2n) is 4.49. The fraction of sp³-hybridized carbons (Fsp3) is 0.385. The number of halogens is 1. The molecule has 1 aromatic carbocycles. The summed E-state index contributed by atoms with van der Waals surface area (Å²) in [5.41, 5.74) is 2.13. The molecule has 3 rings (SSSR count). The molecule has 0 radical (unpaired) electrons. The van der Waals surface area contributed by atoms with E-state index in [2.05, 4.69) is 16.4 Å². The number of hydrogen-bond acceptors (Lipinski definition) is 2. The fourth-order valence-electron chi connectivity index (χ4n) is 2.02. The summed E-state index contributed by atoms with van der Waals surface area (Å²) in [5.74, 6) is 0.835. The molecule has 90 valence electrons. The van der Waals surface area contributed by atoms with Crippen molar-refractivity contribution in [1.29, 1.82) is 0 Å². The number of aromatic nitrogens is 1. The highest BCUT2D eigenvalue weighted by molar-refractivity contribution is 6.35. The number of fused-ring (bicyclic) bond motifs is 1. The van der Waals surface area contributed by atoms with E-state index in [1.807, 2.05) is 12.1 Å².